The van der Waals surface area contributed by atoms with Crippen molar-refractivity contribution in [1.82, 2.24) is 0 Å². The van der Waals surface area contributed by atoms with Gasteiger partial charge >= 0.3 is 0 Å². The van der Waals surface area contributed by atoms with Crippen LogP contribution in [-0.4, -0.2) is 7.11 Å². The summed E-state index contributed by atoms with van der Waals surface area (Å²) in [6.45, 7) is 2.05. The summed E-state index contributed by atoms with van der Waals surface area (Å²) in [6.07, 6.45) is 0. The third-order valence-electron chi connectivity index (χ3n) is 3.05. The van der Waals surface area contributed by atoms with Crippen LogP contribution < -0.4 is 10.5 Å². The van der Waals surface area contributed by atoms with Crippen LogP contribution in [0.15, 0.2) is 42.5 Å². The van der Waals surface area contributed by atoms with E-state index in [2.05, 4.69) is 13.0 Å². The average molecular weight is 262 g/mol. The van der Waals surface area contributed by atoms with Gasteiger partial charge in [-0.05, 0) is 30.2 Å². The zero-order valence-electron chi connectivity index (χ0n) is 10.5. The molecule has 2 nitrogen and oxygen atoms in total. The molecule has 0 aliphatic carbocycles. The van der Waals surface area contributed by atoms with Gasteiger partial charge in [0.1, 0.15) is 5.75 Å². The Hall–Kier alpha value is -1.51. The lowest BCUT2D eigenvalue weighted by molar-refractivity contribution is 0.408. The molecule has 0 bridgehead atoms. The Balaban J connectivity index is 2.46. The predicted molar refractivity (Wildman–Crippen MR) is 75.2 cm³/mol. The van der Waals surface area contributed by atoms with Crippen molar-refractivity contribution < 1.29 is 4.74 Å². The lowest BCUT2D eigenvalue weighted by Gasteiger charge is -2.18. The second kappa shape index (κ2) is 5.42. The molecule has 0 aliphatic rings. The van der Waals surface area contributed by atoms with Crippen LogP contribution in [0.1, 0.15) is 22.7 Å². The zero-order valence-corrected chi connectivity index (χ0v) is 11.2. The summed E-state index contributed by atoms with van der Waals surface area (Å²) in [5, 5.41) is 0.646. The molecule has 0 spiro atoms. The average Bonchev–Trinajstić information content (AvgIpc) is 2.38. The first-order valence-electron chi connectivity index (χ1n) is 5.78. The molecule has 0 saturated heterocycles. The smallest absolute Gasteiger partial charge is 0.125 e. The van der Waals surface area contributed by atoms with E-state index in [0.717, 1.165) is 16.9 Å². The molecule has 18 heavy (non-hydrogen) atoms. The zero-order chi connectivity index (χ0) is 13.1. The summed E-state index contributed by atoms with van der Waals surface area (Å²) in [4.78, 5) is 0. The molecule has 0 aliphatic heterocycles. The predicted octanol–water partition coefficient (Wildman–Crippen LogP) is 3.71. The van der Waals surface area contributed by atoms with E-state index in [9.17, 15) is 0 Å². The van der Waals surface area contributed by atoms with Crippen LogP contribution in [0, 0.1) is 6.92 Å². The first-order valence-corrected chi connectivity index (χ1v) is 6.16. The molecule has 0 heterocycles. The minimum atomic E-state index is -0.210. The maximum Gasteiger partial charge on any atom is 0.125 e. The number of halogens is 1. The van der Waals surface area contributed by atoms with E-state index in [1.54, 1.807) is 13.2 Å². The Morgan fingerprint density at radius 1 is 1.11 bits per heavy atom. The molecular formula is C15H16ClNO. The topological polar surface area (TPSA) is 35.2 Å². The maximum atomic E-state index is 6.32. The van der Waals surface area contributed by atoms with Gasteiger partial charge in [0, 0.05) is 10.6 Å². The van der Waals surface area contributed by atoms with Crippen LogP contribution >= 0.6 is 11.6 Å². The molecule has 0 radical (unpaired) electrons. The minimum absolute atomic E-state index is 0.210. The number of hydrogen-bond acceptors (Lipinski definition) is 2. The standard InChI is InChI=1S/C15H16ClNO/c1-10-5-3-4-6-12(10)15(17)13-8-7-11(16)9-14(13)18-2/h3-9,15H,17H2,1-2H3. The Morgan fingerprint density at radius 2 is 1.83 bits per heavy atom. The van der Waals surface area contributed by atoms with Crippen LogP contribution in [0.25, 0.3) is 0 Å². The Labute approximate surface area is 112 Å². The minimum Gasteiger partial charge on any atom is -0.496 e. The summed E-state index contributed by atoms with van der Waals surface area (Å²) in [5.41, 5.74) is 9.53. The summed E-state index contributed by atoms with van der Waals surface area (Å²) < 4.78 is 5.34. The van der Waals surface area contributed by atoms with Gasteiger partial charge in [0.05, 0.1) is 13.2 Å². The molecule has 3 heteroatoms. The molecule has 0 fully saturated rings. The number of rotatable bonds is 3. The van der Waals surface area contributed by atoms with Gasteiger partial charge in [-0.3, -0.25) is 0 Å². The molecule has 1 atom stereocenters. The van der Waals surface area contributed by atoms with Gasteiger partial charge in [0.25, 0.3) is 0 Å². The van der Waals surface area contributed by atoms with Crippen LogP contribution in [0.3, 0.4) is 0 Å². The van der Waals surface area contributed by atoms with E-state index in [-0.39, 0.29) is 6.04 Å². The number of benzene rings is 2. The lowest BCUT2D eigenvalue weighted by Crippen LogP contribution is -2.14. The Kier molecular flexibility index (Phi) is 3.90. The summed E-state index contributed by atoms with van der Waals surface area (Å²) >= 11 is 5.96. The van der Waals surface area contributed by atoms with Crippen molar-refractivity contribution in [2.24, 2.45) is 5.73 Å². The molecule has 1 unspecified atom stereocenters. The monoisotopic (exact) mass is 261 g/mol. The normalized spacial score (nSPS) is 12.2. The van der Waals surface area contributed by atoms with E-state index < -0.39 is 0 Å². The molecular weight excluding hydrogens is 246 g/mol. The highest BCUT2D eigenvalue weighted by atomic mass is 35.5. The van der Waals surface area contributed by atoms with Gasteiger partial charge in [-0.15, -0.1) is 0 Å². The quantitative estimate of drug-likeness (QED) is 0.914. The molecule has 0 amide bonds. The number of aryl methyl sites for hydroxylation is 1. The summed E-state index contributed by atoms with van der Waals surface area (Å²) in [6, 6.07) is 13.4. The number of methoxy groups -OCH3 is 1. The van der Waals surface area contributed by atoms with Gasteiger partial charge in [0.15, 0.2) is 0 Å². The number of nitrogens with two attached hydrogens (primary N) is 1. The van der Waals surface area contributed by atoms with E-state index in [4.69, 9.17) is 22.1 Å². The van der Waals surface area contributed by atoms with Gasteiger partial charge in [-0.1, -0.05) is 41.9 Å². The molecule has 94 valence electrons. The largest absolute Gasteiger partial charge is 0.496 e. The van der Waals surface area contributed by atoms with E-state index in [1.807, 2.05) is 30.3 Å². The highest BCUT2D eigenvalue weighted by molar-refractivity contribution is 6.30. The van der Waals surface area contributed by atoms with Gasteiger partial charge < -0.3 is 10.5 Å². The van der Waals surface area contributed by atoms with E-state index in [0.29, 0.717) is 5.02 Å². The van der Waals surface area contributed by atoms with Crippen LogP contribution in [-0.2, 0) is 0 Å². The van der Waals surface area contributed by atoms with Crippen molar-refractivity contribution in [2.75, 3.05) is 7.11 Å². The van der Waals surface area contributed by atoms with E-state index >= 15 is 0 Å². The third-order valence-corrected chi connectivity index (χ3v) is 3.29. The van der Waals surface area contributed by atoms with Crippen LogP contribution in [0.2, 0.25) is 5.02 Å². The lowest BCUT2D eigenvalue weighted by atomic mass is 9.95. The number of hydrogen-bond donors (Lipinski definition) is 1. The SMILES string of the molecule is COc1cc(Cl)ccc1C(N)c1ccccc1C. The first-order chi connectivity index (χ1) is 8.63. The molecule has 2 aromatic carbocycles. The van der Waals surface area contributed by atoms with Crippen molar-refractivity contribution in [3.05, 3.63) is 64.2 Å². The maximum absolute atomic E-state index is 6.32. The second-order valence-electron chi connectivity index (χ2n) is 4.22. The fourth-order valence-electron chi connectivity index (χ4n) is 2.05. The molecule has 2 aromatic rings. The molecule has 0 saturated carbocycles. The summed E-state index contributed by atoms with van der Waals surface area (Å²) in [7, 11) is 1.62. The number of ether oxygens (including phenoxy) is 1. The fraction of sp³-hybridized carbons (Fsp3) is 0.200. The second-order valence-corrected chi connectivity index (χ2v) is 4.66. The van der Waals surface area contributed by atoms with Crippen molar-refractivity contribution in [3.63, 3.8) is 0 Å². The summed E-state index contributed by atoms with van der Waals surface area (Å²) in [5.74, 6) is 0.721. The fourth-order valence-corrected chi connectivity index (χ4v) is 2.21. The molecule has 2 rings (SSSR count). The van der Waals surface area contributed by atoms with Gasteiger partial charge in [-0.25, -0.2) is 0 Å². The first kappa shape index (κ1) is 12.9. The van der Waals surface area contributed by atoms with Crippen molar-refractivity contribution >= 4 is 11.6 Å². The highest BCUT2D eigenvalue weighted by Gasteiger charge is 2.15. The van der Waals surface area contributed by atoms with Crippen LogP contribution in [0.5, 0.6) is 5.75 Å². The van der Waals surface area contributed by atoms with Crippen molar-refractivity contribution in [1.29, 1.82) is 0 Å². The Bertz CT molecular complexity index is 554. The van der Waals surface area contributed by atoms with Crippen molar-refractivity contribution in [3.8, 4) is 5.75 Å². The van der Waals surface area contributed by atoms with Gasteiger partial charge in [-0.2, -0.15) is 0 Å². The highest BCUT2D eigenvalue weighted by Crippen LogP contribution is 2.31. The third kappa shape index (κ3) is 2.50. The van der Waals surface area contributed by atoms with E-state index in [1.165, 1.54) is 5.56 Å². The van der Waals surface area contributed by atoms with Crippen molar-refractivity contribution in [2.45, 2.75) is 13.0 Å². The van der Waals surface area contributed by atoms with Crippen LogP contribution in [0.4, 0.5) is 0 Å². The molecule has 0 aromatic heterocycles. The van der Waals surface area contributed by atoms with Gasteiger partial charge in [0.2, 0.25) is 0 Å². The molecule has 2 N–H and O–H groups in total. The Morgan fingerprint density at radius 3 is 2.50 bits per heavy atom.